The van der Waals surface area contributed by atoms with Crippen LogP contribution in [0.5, 0.6) is 5.75 Å². The van der Waals surface area contributed by atoms with Crippen LogP contribution in [-0.4, -0.2) is 35.9 Å². The first-order valence-electron chi connectivity index (χ1n) is 10.8. The predicted molar refractivity (Wildman–Crippen MR) is 130 cm³/mol. The normalized spacial score (nSPS) is 11.9. The average Bonchev–Trinajstić information content (AvgIpc) is 2.73. The monoisotopic (exact) mass is 478 g/mol. The van der Waals surface area contributed by atoms with Crippen LogP contribution in [-0.2, 0) is 16.1 Å². The summed E-state index contributed by atoms with van der Waals surface area (Å²) in [5.74, 6) is 0.503. The Kier molecular flexibility index (Phi) is 9.85. The Hall–Kier alpha value is -2.24. The number of carbonyl (C=O) groups is 2. The maximum Gasteiger partial charge on any atom is 0.261 e. The van der Waals surface area contributed by atoms with Crippen LogP contribution < -0.4 is 10.1 Å². The van der Waals surface area contributed by atoms with Gasteiger partial charge in [-0.3, -0.25) is 9.59 Å². The summed E-state index contributed by atoms with van der Waals surface area (Å²) in [6.07, 6.45) is 0.473. The zero-order valence-corrected chi connectivity index (χ0v) is 20.9. The van der Waals surface area contributed by atoms with Crippen LogP contribution in [0.15, 0.2) is 36.4 Å². The predicted octanol–water partition coefficient (Wildman–Crippen LogP) is 5.57. The third-order valence-electron chi connectivity index (χ3n) is 5.09. The smallest absolute Gasteiger partial charge is 0.261 e. The molecule has 0 saturated carbocycles. The molecule has 2 aromatic carbocycles. The summed E-state index contributed by atoms with van der Waals surface area (Å²) in [5.41, 5.74) is 2.86. The molecule has 32 heavy (non-hydrogen) atoms. The lowest BCUT2D eigenvalue weighted by atomic mass is 10.1. The second kappa shape index (κ2) is 12.1. The first-order chi connectivity index (χ1) is 15.1. The van der Waals surface area contributed by atoms with Gasteiger partial charge in [-0.2, -0.15) is 0 Å². The van der Waals surface area contributed by atoms with Crippen molar-refractivity contribution in [2.24, 2.45) is 5.92 Å². The van der Waals surface area contributed by atoms with Gasteiger partial charge in [-0.25, -0.2) is 0 Å². The number of nitrogens with zero attached hydrogens (tertiary/aromatic N) is 1. The molecule has 0 aromatic heterocycles. The number of halogens is 2. The molecule has 5 nitrogen and oxygen atoms in total. The van der Waals surface area contributed by atoms with E-state index in [0.717, 1.165) is 16.7 Å². The molecule has 2 amide bonds. The van der Waals surface area contributed by atoms with E-state index in [1.165, 1.54) is 0 Å². The van der Waals surface area contributed by atoms with E-state index in [-0.39, 0.29) is 25.0 Å². The third kappa shape index (κ3) is 7.42. The molecule has 0 saturated heterocycles. The van der Waals surface area contributed by atoms with E-state index in [2.05, 4.69) is 5.32 Å². The van der Waals surface area contributed by atoms with Crippen molar-refractivity contribution in [3.63, 3.8) is 0 Å². The van der Waals surface area contributed by atoms with Gasteiger partial charge >= 0.3 is 0 Å². The second-order valence-electron chi connectivity index (χ2n) is 8.39. The van der Waals surface area contributed by atoms with Crippen molar-refractivity contribution < 1.29 is 14.3 Å². The third-order valence-corrected chi connectivity index (χ3v) is 5.83. The van der Waals surface area contributed by atoms with Gasteiger partial charge in [-0.15, -0.1) is 0 Å². The van der Waals surface area contributed by atoms with Crippen molar-refractivity contribution in [3.05, 3.63) is 63.1 Å². The van der Waals surface area contributed by atoms with Gasteiger partial charge in [0.2, 0.25) is 5.91 Å². The molecule has 7 heteroatoms. The molecule has 0 bridgehead atoms. The molecular formula is C25H32Cl2N2O3. The van der Waals surface area contributed by atoms with Crippen molar-refractivity contribution in [1.29, 1.82) is 0 Å². The second-order valence-corrected chi connectivity index (χ2v) is 9.21. The Labute approximate surface area is 201 Å². The van der Waals surface area contributed by atoms with E-state index in [1.807, 2.05) is 52.8 Å². The summed E-state index contributed by atoms with van der Waals surface area (Å²) in [7, 11) is 0. The van der Waals surface area contributed by atoms with Gasteiger partial charge in [0.25, 0.3) is 5.91 Å². The zero-order valence-electron chi connectivity index (χ0n) is 19.4. The number of benzene rings is 2. The van der Waals surface area contributed by atoms with Crippen LogP contribution in [0.25, 0.3) is 0 Å². The average molecular weight is 479 g/mol. The van der Waals surface area contributed by atoms with Crippen molar-refractivity contribution in [1.82, 2.24) is 10.2 Å². The summed E-state index contributed by atoms with van der Waals surface area (Å²) < 4.78 is 5.82. The fourth-order valence-corrected chi connectivity index (χ4v) is 3.68. The number of aryl methyl sites for hydroxylation is 2. The lowest BCUT2D eigenvalue weighted by molar-refractivity contribution is -0.143. The molecule has 0 heterocycles. The fourth-order valence-electron chi connectivity index (χ4n) is 3.36. The highest BCUT2D eigenvalue weighted by Gasteiger charge is 2.29. The molecule has 0 fully saturated rings. The van der Waals surface area contributed by atoms with E-state index in [4.69, 9.17) is 27.9 Å². The minimum Gasteiger partial charge on any atom is -0.483 e. The molecule has 174 valence electrons. The Morgan fingerprint density at radius 2 is 1.78 bits per heavy atom. The molecule has 1 N–H and O–H groups in total. The highest BCUT2D eigenvalue weighted by molar-refractivity contribution is 6.42. The Bertz CT molecular complexity index is 947. The molecule has 2 aromatic rings. The summed E-state index contributed by atoms with van der Waals surface area (Å²) in [5, 5.41) is 3.78. The van der Waals surface area contributed by atoms with Crippen molar-refractivity contribution in [2.45, 2.75) is 53.6 Å². The summed E-state index contributed by atoms with van der Waals surface area (Å²) in [6.45, 7) is 10.5. The Balaban J connectivity index is 2.24. The highest BCUT2D eigenvalue weighted by Crippen LogP contribution is 2.24. The summed E-state index contributed by atoms with van der Waals surface area (Å²) >= 11 is 12.2. The molecule has 0 aliphatic heterocycles. The van der Waals surface area contributed by atoms with Gasteiger partial charge in [0.15, 0.2) is 6.61 Å². The molecular weight excluding hydrogens is 447 g/mol. The van der Waals surface area contributed by atoms with Gasteiger partial charge in [0.05, 0.1) is 10.0 Å². The molecule has 1 atom stereocenters. The minimum atomic E-state index is -0.626. The van der Waals surface area contributed by atoms with Crippen molar-refractivity contribution >= 4 is 35.0 Å². The van der Waals surface area contributed by atoms with Crippen LogP contribution in [0.3, 0.4) is 0 Å². The number of nitrogens with one attached hydrogen (secondary N) is 1. The SMILES string of the molecule is CC[C@@H](C(=O)NCC(C)C)N(Cc1ccc(Cl)c(Cl)c1)C(=O)COc1ccc(C)cc1C. The quantitative estimate of drug-likeness (QED) is 0.485. The Morgan fingerprint density at radius 1 is 1.06 bits per heavy atom. The maximum absolute atomic E-state index is 13.3. The molecule has 0 unspecified atom stereocenters. The van der Waals surface area contributed by atoms with Crippen LogP contribution in [0.1, 0.15) is 43.9 Å². The van der Waals surface area contributed by atoms with E-state index in [9.17, 15) is 9.59 Å². The number of carbonyl (C=O) groups excluding carboxylic acids is 2. The molecule has 0 spiro atoms. The van der Waals surface area contributed by atoms with Crippen molar-refractivity contribution in [2.75, 3.05) is 13.2 Å². The molecule has 2 rings (SSSR count). The number of ether oxygens (including phenoxy) is 1. The van der Waals surface area contributed by atoms with Crippen LogP contribution in [0.2, 0.25) is 10.0 Å². The van der Waals surface area contributed by atoms with Crippen molar-refractivity contribution in [3.8, 4) is 5.75 Å². The van der Waals surface area contributed by atoms with E-state index in [1.54, 1.807) is 23.1 Å². The summed E-state index contributed by atoms with van der Waals surface area (Å²) in [6, 6.07) is 10.4. The van der Waals surface area contributed by atoms with Crippen LogP contribution in [0, 0.1) is 19.8 Å². The standard InChI is InChI=1S/C25H32Cl2N2O3/c1-6-22(25(31)28-13-16(2)3)29(14-19-8-9-20(26)21(27)12-19)24(30)15-32-23-10-7-17(4)11-18(23)5/h7-12,16,22H,6,13-15H2,1-5H3,(H,28,31)/t22-/m0/s1. The number of rotatable bonds is 10. The van der Waals surface area contributed by atoms with Crippen LogP contribution >= 0.6 is 23.2 Å². The van der Waals surface area contributed by atoms with Gasteiger partial charge in [-0.1, -0.05) is 67.7 Å². The zero-order chi connectivity index (χ0) is 23.8. The van der Waals surface area contributed by atoms with Gasteiger partial charge in [0, 0.05) is 13.1 Å². The van der Waals surface area contributed by atoms with E-state index in [0.29, 0.717) is 34.7 Å². The molecule has 0 aliphatic rings. The number of hydrogen-bond donors (Lipinski definition) is 1. The highest BCUT2D eigenvalue weighted by atomic mass is 35.5. The van der Waals surface area contributed by atoms with Crippen LogP contribution in [0.4, 0.5) is 0 Å². The first kappa shape index (κ1) is 26.0. The van der Waals surface area contributed by atoms with Gasteiger partial charge in [0.1, 0.15) is 11.8 Å². The largest absolute Gasteiger partial charge is 0.483 e. The van der Waals surface area contributed by atoms with Gasteiger partial charge < -0.3 is 15.0 Å². The molecule has 0 radical (unpaired) electrons. The Morgan fingerprint density at radius 3 is 2.38 bits per heavy atom. The minimum absolute atomic E-state index is 0.167. The fraction of sp³-hybridized carbons (Fsp3) is 0.440. The lowest BCUT2D eigenvalue weighted by Crippen LogP contribution is -2.50. The number of amides is 2. The maximum atomic E-state index is 13.3. The first-order valence-corrected chi connectivity index (χ1v) is 11.6. The number of hydrogen-bond acceptors (Lipinski definition) is 3. The van der Waals surface area contributed by atoms with E-state index < -0.39 is 6.04 Å². The molecule has 0 aliphatic carbocycles. The van der Waals surface area contributed by atoms with E-state index >= 15 is 0 Å². The van der Waals surface area contributed by atoms with Gasteiger partial charge in [-0.05, 0) is 55.5 Å². The topological polar surface area (TPSA) is 58.6 Å². The lowest BCUT2D eigenvalue weighted by Gasteiger charge is -2.31. The summed E-state index contributed by atoms with van der Waals surface area (Å²) in [4.78, 5) is 27.7.